The van der Waals surface area contributed by atoms with Crippen molar-refractivity contribution in [2.24, 2.45) is 0 Å². The van der Waals surface area contributed by atoms with Crippen LogP contribution in [-0.4, -0.2) is 0 Å². The first kappa shape index (κ1) is 26.8. The predicted octanol–water partition coefficient (Wildman–Crippen LogP) is 9.61. The molecular formula is C42H31P. The van der Waals surface area contributed by atoms with E-state index in [1.807, 2.05) is 0 Å². The third kappa shape index (κ3) is 5.59. The van der Waals surface area contributed by atoms with E-state index in [4.69, 9.17) is 0 Å². The SMILES string of the molecule is c1ccc(C(=C(c2ccccc2)c2cc3ccccc3cc2P(c2ccccc2)c2ccccc2)c2ccccc2)cc1. The van der Waals surface area contributed by atoms with Crippen molar-refractivity contribution in [3.63, 3.8) is 0 Å². The molecule has 0 heterocycles. The number of fused-ring (bicyclic) bond motifs is 1. The molecule has 0 unspecified atom stereocenters. The van der Waals surface area contributed by atoms with E-state index in [1.54, 1.807) is 0 Å². The fourth-order valence-electron chi connectivity index (χ4n) is 5.90. The fourth-order valence-corrected chi connectivity index (χ4v) is 8.38. The van der Waals surface area contributed by atoms with Crippen LogP contribution in [0.5, 0.6) is 0 Å². The summed E-state index contributed by atoms with van der Waals surface area (Å²) in [7, 11) is -0.860. The van der Waals surface area contributed by atoms with E-state index < -0.39 is 7.92 Å². The molecule has 43 heavy (non-hydrogen) atoms. The highest BCUT2D eigenvalue weighted by Crippen LogP contribution is 2.42. The van der Waals surface area contributed by atoms with Crippen LogP contribution in [0.15, 0.2) is 188 Å². The summed E-state index contributed by atoms with van der Waals surface area (Å²) in [5, 5.41) is 6.54. The van der Waals surface area contributed by atoms with Crippen LogP contribution in [0.2, 0.25) is 0 Å². The zero-order valence-electron chi connectivity index (χ0n) is 23.8. The Balaban J connectivity index is 1.65. The Kier molecular flexibility index (Phi) is 7.78. The maximum absolute atomic E-state index is 2.45. The van der Waals surface area contributed by atoms with Gasteiger partial charge >= 0.3 is 0 Å². The molecule has 0 N–H and O–H groups in total. The first-order valence-corrected chi connectivity index (χ1v) is 16.0. The molecule has 0 saturated heterocycles. The molecule has 0 aliphatic heterocycles. The molecule has 0 fully saturated rings. The van der Waals surface area contributed by atoms with Gasteiger partial charge in [-0.05, 0) is 80.1 Å². The summed E-state index contributed by atoms with van der Waals surface area (Å²) in [6.07, 6.45) is 0. The topological polar surface area (TPSA) is 0 Å². The molecule has 0 aliphatic rings. The summed E-state index contributed by atoms with van der Waals surface area (Å²) in [4.78, 5) is 0. The third-order valence-electron chi connectivity index (χ3n) is 7.84. The van der Waals surface area contributed by atoms with Gasteiger partial charge in [-0.25, -0.2) is 0 Å². The number of hydrogen-bond donors (Lipinski definition) is 0. The van der Waals surface area contributed by atoms with Crippen molar-refractivity contribution in [1.82, 2.24) is 0 Å². The molecule has 204 valence electrons. The maximum atomic E-state index is 2.45. The molecule has 1 heteroatoms. The van der Waals surface area contributed by atoms with Crippen LogP contribution >= 0.6 is 7.92 Å². The molecule has 7 rings (SSSR count). The third-order valence-corrected chi connectivity index (χ3v) is 10.3. The standard InChI is InChI=1S/C42H31P/c1-6-18-32(19-7-1)41(33-20-8-2-9-21-33)42(34-22-10-3-11-23-34)39-30-35-24-16-17-25-36(35)31-40(39)43(37-26-12-4-13-27-37)38-28-14-5-15-29-38/h1-31H. The minimum atomic E-state index is -0.860. The summed E-state index contributed by atoms with van der Waals surface area (Å²) in [5.74, 6) is 0. The summed E-state index contributed by atoms with van der Waals surface area (Å²) in [6.45, 7) is 0. The van der Waals surface area contributed by atoms with E-state index in [0.717, 1.165) is 0 Å². The van der Waals surface area contributed by atoms with Gasteiger partial charge < -0.3 is 0 Å². The summed E-state index contributed by atoms with van der Waals surface area (Å²) >= 11 is 0. The quantitative estimate of drug-likeness (QED) is 0.133. The van der Waals surface area contributed by atoms with Crippen LogP contribution < -0.4 is 15.9 Å². The molecule has 0 radical (unpaired) electrons. The Bertz CT molecular complexity index is 1900. The normalized spacial score (nSPS) is 11.0. The smallest absolute Gasteiger partial charge is 0.00199 e. The lowest BCUT2D eigenvalue weighted by atomic mass is 9.85. The second-order valence-electron chi connectivity index (χ2n) is 10.6. The van der Waals surface area contributed by atoms with E-state index in [-0.39, 0.29) is 0 Å². The first-order valence-electron chi connectivity index (χ1n) is 14.7. The minimum Gasteiger partial charge on any atom is -0.0622 e. The number of benzene rings is 7. The van der Waals surface area contributed by atoms with Crippen molar-refractivity contribution < 1.29 is 0 Å². The lowest BCUT2D eigenvalue weighted by Gasteiger charge is -2.26. The number of hydrogen-bond acceptors (Lipinski definition) is 0. The van der Waals surface area contributed by atoms with Crippen LogP contribution in [0.4, 0.5) is 0 Å². The molecule has 0 spiro atoms. The molecule has 0 amide bonds. The van der Waals surface area contributed by atoms with Gasteiger partial charge in [-0.1, -0.05) is 176 Å². The molecule has 7 aromatic rings. The van der Waals surface area contributed by atoms with E-state index in [0.29, 0.717) is 0 Å². The molecule has 0 saturated carbocycles. The second-order valence-corrected chi connectivity index (χ2v) is 12.8. The molecule has 0 atom stereocenters. The van der Waals surface area contributed by atoms with Crippen LogP contribution in [0.3, 0.4) is 0 Å². The van der Waals surface area contributed by atoms with Gasteiger partial charge in [0.15, 0.2) is 0 Å². The average molecular weight is 567 g/mol. The van der Waals surface area contributed by atoms with Crippen molar-refractivity contribution in [3.8, 4) is 0 Å². The summed E-state index contributed by atoms with van der Waals surface area (Å²) in [5.41, 5.74) is 7.37. The zero-order valence-corrected chi connectivity index (χ0v) is 24.7. The molecular weight excluding hydrogens is 535 g/mol. The minimum absolute atomic E-state index is 0.860. The fraction of sp³-hybridized carbons (Fsp3) is 0. The second kappa shape index (κ2) is 12.5. The summed E-state index contributed by atoms with van der Waals surface area (Å²) < 4.78 is 0. The van der Waals surface area contributed by atoms with Gasteiger partial charge in [-0.3, -0.25) is 0 Å². The van der Waals surface area contributed by atoms with Crippen LogP contribution in [0, 0.1) is 0 Å². The van der Waals surface area contributed by atoms with Gasteiger partial charge in [0, 0.05) is 0 Å². The molecule has 0 aromatic heterocycles. The highest BCUT2D eigenvalue weighted by Gasteiger charge is 2.25. The molecule has 0 nitrogen and oxygen atoms in total. The van der Waals surface area contributed by atoms with Crippen LogP contribution in [0.25, 0.3) is 21.9 Å². The predicted molar refractivity (Wildman–Crippen MR) is 187 cm³/mol. The van der Waals surface area contributed by atoms with E-state index in [2.05, 4.69) is 188 Å². The Labute approximate surface area is 255 Å². The lowest BCUT2D eigenvalue weighted by Crippen LogP contribution is -2.23. The Morgan fingerprint density at radius 2 is 0.674 bits per heavy atom. The zero-order chi connectivity index (χ0) is 28.8. The summed E-state index contributed by atoms with van der Waals surface area (Å²) in [6, 6.07) is 68.4. The van der Waals surface area contributed by atoms with E-state index >= 15 is 0 Å². The average Bonchev–Trinajstić information content (AvgIpc) is 3.09. The first-order chi connectivity index (χ1) is 21.4. The van der Waals surface area contributed by atoms with E-state index in [9.17, 15) is 0 Å². The highest BCUT2D eigenvalue weighted by atomic mass is 31.1. The molecule has 0 aliphatic carbocycles. The van der Waals surface area contributed by atoms with Crippen LogP contribution in [-0.2, 0) is 0 Å². The maximum Gasteiger partial charge on any atom is -0.00199 e. The number of rotatable bonds is 7. The Morgan fingerprint density at radius 3 is 1.12 bits per heavy atom. The van der Waals surface area contributed by atoms with Gasteiger partial charge in [0.05, 0.1) is 0 Å². The monoisotopic (exact) mass is 566 g/mol. The lowest BCUT2D eigenvalue weighted by molar-refractivity contribution is 1.52. The highest BCUT2D eigenvalue weighted by molar-refractivity contribution is 7.80. The van der Waals surface area contributed by atoms with Crippen molar-refractivity contribution in [3.05, 3.63) is 210 Å². The van der Waals surface area contributed by atoms with Crippen molar-refractivity contribution in [1.29, 1.82) is 0 Å². The van der Waals surface area contributed by atoms with Crippen molar-refractivity contribution in [2.45, 2.75) is 0 Å². The largest absolute Gasteiger partial charge is 0.0622 e. The van der Waals surface area contributed by atoms with Crippen molar-refractivity contribution >= 4 is 45.8 Å². The Morgan fingerprint density at radius 1 is 0.326 bits per heavy atom. The Hall–Kier alpha value is -5.03. The van der Waals surface area contributed by atoms with Crippen molar-refractivity contribution in [2.75, 3.05) is 0 Å². The van der Waals surface area contributed by atoms with Gasteiger partial charge in [-0.2, -0.15) is 0 Å². The molecule has 0 bridgehead atoms. The van der Waals surface area contributed by atoms with Gasteiger partial charge in [-0.15, -0.1) is 0 Å². The molecule has 7 aromatic carbocycles. The van der Waals surface area contributed by atoms with Gasteiger partial charge in [0.1, 0.15) is 0 Å². The van der Waals surface area contributed by atoms with E-state index in [1.165, 1.54) is 60.1 Å². The van der Waals surface area contributed by atoms with Gasteiger partial charge in [0.25, 0.3) is 0 Å². The van der Waals surface area contributed by atoms with Gasteiger partial charge in [0.2, 0.25) is 0 Å². The van der Waals surface area contributed by atoms with Crippen LogP contribution in [0.1, 0.15) is 22.3 Å².